The number of H-pyrrole nitrogens is 1. The highest BCUT2D eigenvalue weighted by Crippen LogP contribution is 2.29. The Morgan fingerprint density at radius 3 is 3.06 bits per heavy atom. The molecule has 17 heavy (non-hydrogen) atoms. The zero-order chi connectivity index (χ0) is 11.8. The first-order valence-corrected chi connectivity index (χ1v) is 5.08. The molecule has 0 radical (unpaired) electrons. The molecule has 0 saturated heterocycles. The monoisotopic (exact) mass is 232 g/mol. The van der Waals surface area contributed by atoms with E-state index in [9.17, 15) is 4.39 Å². The van der Waals surface area contributed by atoms with Crippen LogP contribution in [0.25, 0.3) is 22.2 Å². The Kier molecular flexibility index (Phi) is 2.15. The zero-order valence-corrected chi connectivity index (χ0v) is 8.77. The highest BCUT2D eigenvalue weighted by Gasteiger charge is 2.16. The Morgan fingerprint density at radius 2 is 2.24 bits per heavy atom. The number of nitrogens with one attached hydrogen (secondary N) is 1. The van der Waals surface area contributed by atoms with E-state index in [1.54, 1.807) is 18.3 Å². The molecule has 3 N–H and O–H groups in total. The smallest absolute Gasteiger partial charge is 0.147 e. The molecule has 2 heterocycles. The summed E-state index contributed by atoms with van der Waals surface area (Å²) in [6.45, 7) is 0.223. The number of hydrogen-bond donors (Lipinski definition) is 2. The predicted octanol–water partition coefficient (Wildman–Crippen LogP) is 1.82. The van der Waals surface area contributed by atoms with Gasteiger partial charge in [0.2, 0.25) is 0 Å². The Morgan fingerprint density at radius 1 is 1.35 bits per heavy atom. The summed E-state index contributed by atoms with van der Waals surface area (Å²) in [7, 11) is 0. The lowest BCUT2D eigenvalue weighted by Crippen LogP contribution is -1.98. The number of hydrogen-bond acceptors (Lipinski definition) is 4. The molecule has 0 saturated carbocycles. The topological polar surface area (TPSA) is 80.7 Å². The van der Waals surface area contributed by atoms with Crippen LogP contribution < -0.4 is 5.73 Å². The van der Waals surface area contributed by atoms with E-state index in [0.29, 0.717) is 16.9 Å². The number of halogens is 1. The van der Waals surface area contributed by atoms with E-state index in [4.69, 9.17) is 5.73 Å². The molecule has 5 nitrogen and oxygen atoms in total. The molecule has 0 unspecified atom stereocenters. The van der Waals surface area contributed by atoms with E-state index in [-0.39, 0.29) is 12.4 Å². The van der Waals surface area contributed by atoms with E-state index in [1.807, 2.05) is 0 Å². The lowest BCUT2D eigenvalue weighted by Gasteiger charge is -1.95. The standard InChI is InChI=1S/C11H9FN4O/c12-8-3-1-2-6-7(5-14-10(6)8)11-9(4-13)15-17-16-11/h1-3,5,14H,4,13H2. The number of aromatic nitrogens is 3. The van der Waals surface area contributed by atoms with Crippen molar-refractivity contribution < 1.29 is 9.02 Å². The average molecular weight is 232 g/mol. The summed E-state index contributed by atoms with van der Waals surface area (Å²) in [5.74, 6) is -0.306. The lowest BCUT2D eigenvalue weighted by molar-refractivity contribution is 0.304. The minimum atomic E-state index is -0.306. The number of benzene rings is 1. The fourth-order valence-corrected chi connectivity index (χ4v) is 1.86. The Bertz CT molecular complexity index is 673. The van der Waals surface area contributed by atoms with Crippen LogP contribution >= 0.6 is 0 Å². The molecule has 0 aliphatic rings. The van der Waals surface area contributed by atoms with Crippen LogP contribution in [0.3, 0.4) is 0 Å². The molecular weight excluding hydrogens is 223 g/mol. The van der Waals surface area contributed by atoms with Gasteiger partial charge in [-0.3, -0.25) is 0 Å². The van der Waals surface area contributed by atoms with Crippen LogP contribution in [0, 0.1) is 5.82 Å². The maximum Gasteiger partial charge on any atom is 0.147 e. The zero-order valence-electron chi connectivity index (χ0n) is 8.77. The molecule has 0 atom stereocenters. The Hall–Kier alpha value is -2.21. The first-order valence-electron chi connectivity index (χ1n) is 5.08. The van der Waals surface area contributed by atoms with Gasteiger partial charge in [-0.1, -0.05) is 17.3 Å². The normalized spacial score (nSPS) is 11.2. The van der Waals surface area contributed by atoms with Crippen LogP contribution in [0.1, 0.15) is 5.69 Å². The molecule has 0 aliphatic carbocycles. The van der Waals surface area contributed by atoms with E-state index in [0.717, 1.165) is 10.9 Å². The number of fused-ring (bicyclic) bond motifs is 1. The van der Waals surface area contributed by atoms with Crippen LogP contribution in [0.4, 0.5) is 4.39 Å². The maximum absolute atomic E-state index is 13.5. The third kappa shape index (κ3) is 1.42. The molecule has 1 aromatic carbocycles. The number of para-hydroxylation sites is 1. The van der Waals surface area contributed by atoms with Crippen molar-refractivity contribution in [2.75, 3.05) is 0 Å². The van der Waals surface area contributed by atoms with Gasteiger partial charge < -0.3 is 10.7 Å². The van der Waals surface area contributed by atoms with Crippen LogP contribution in [-0.4, -0.2) is 15.3 Å². The van der Waals surface area contributed by atoms with Crippen molar-refractivity contribution in [2.45, 2.75) is 6.54 Å². The van der Waals surface area contributed by atoms with E-state index >= 15 is 0 Å². The van der Waals surface area contributed by atoms with Crippen molar-refractivity contribution in [3.8, 4) is 11.3 Å². The van der Waals surface area contributed by atoms with Crippen molar-refractivity contribution in [3.63, 3.8) is 0 Å². The largest absolute Gasteiger partial charge is 0.358 e. The van der Waals surface area contributed by atoms with Gasteiger partial charge in [-0.15, -0.1) is 0 Å². The second kappa shape index (κ2) is 3.67. The third-order valence-electron chi connectivity index (χ3n) is 2.67. The van der Waals surface area contributed by atoms with Gasteiger partial charge in [0.25, 0.3) is 0 Å². The highest BCUT2D eigenvalue weighted by molar-refractivity contribution is 5.95. The number of aromatic amines is 1. The fourth-order valence-electron chi connectivity index (χ4n) is 1.86. The molecule has 0 amide bonds. The number of rotatable bonds is 2. The summed E-state index contributed by atoms with van der Waals surface area (Å²) in [4.78, 5) is 2.87. The second-order valence-corrected chi connectivity index (χ2v) is 3.63. The van der Waals surface area contributed by atoms with Crippen LogP contribution in [0.2, 0.25) is 0 Å². The summed E-state index contributed by atoms with van der Waals surface area (Å²) >= 11 is 0. The molecule has 0 aliphatic heterocycles. The third-order valence-corrected chi connectivity index (χ3v) is 2.67. The first-order chi connectivity index (χ1) is 8.31. The van der Waals surface area contributed by atoms with Crippen molar-refractivity contribution >= 4 is 10.9 Å². The summed E-state index contributed by atoms with van der Waals surface area (Å²) in [6.07, 6.45) is 1.67. The lowest BCUT2D eigenvalue weighted by atomic mass is 10.1. The summed E-state index contributed by atoms with van der Waals surface area (Å²) in [6, 6.07) is 4.84. The summed E-state index contributed by atoms with van der Waals surface area (Å²) in [5, 5.41) is 8.23. The van der Waals surface area contributed by atoms with Crippen molar-refractivity contribution in [1.82, 2.24) is 15.3 Å². The van der Waals surface area contributed by atoms with Crippen LogP contribution in [0.15, 0.2) is 29.0 Å². The number of nitrogens with two attached hydrogens (primary N) is 1. The first kappa shape index (κ1) is 9.98. The number of nitrogens with zero attached hydrogens (tertiary/aromatic N) is 2. The molecule has 3 aromatic rings. The molecular formula is C11H9FN4O. The maximum atomic E-state index is 13.5. The molecule has 0 bridgehead atoms. The minimum Gasteiger partial charge on any atom is -0.358 e. The van der Waals surface area contributed by atoms with E-state index in [1.165, 1.54) is 6.07 Å². The minimum absolute atomic E-state index is 0.223. The van der Waals surface area contributed by atoms with Gasteiger partial charge in [-0.25, -0.2) is 9.02 Å². The molecule has 0 fully saturated rings. The van der Waals surface area contributed by atoms with Crippen molar-refractivity contribution in [3.05, 3.63) is 35.9 Å². The summed E-state index contributed by atoms with van der Waals surface area (Å²) in [5.41, 5.74) is 7.80. The predicted molar refractivity (Wildman–Crippen MR) is 59.4 cm³/mol. The summed E-state index contributed by atoms with van der Waals surface area (Å²) < 4.78 is 18.2. The SMILES string of the molecule is NCc1nonc1-c1c[nH]c2c(F)cccc12. The van der Waals surface area contributed by atoms with Gasteiger partial charge in [0.15, 0.2) is 0 Å². The van der Waals surface area contributed by atoms with Gasteiger partial charge in [0.05, 0.1) is 5.52 Å². The second-order valence-electron chi connectivity index (χ2n) is 3.63. The van der Waals surface area contributed by atoms with Gasteiger partial charge in [0.1, 0.15) is 17.2 Å². The van der Waals surface area contributed by atoms with Crippen LogP contribution in [0.5, 0.6) is 0 Å². The fraction of sp³-hybridized carbons (Fsp3) is 0.0909. The van der Waals surface area contributed by atoms with Crippen molar-refractivity contribution in [1.29, 1.82) is 0 Å². The molecule has 3 rings (SSSR count). The van der Waals surface area contributed by atoms with Gasteiger partial charge in [-0.05, 0) is 11.2 Å². The van der Waals surface area contributed by atoms with E-state index in [2.05, 4.69) is 19.9 Å². The highest BCUT2D eigenvalue weighted by atomic mass is 19.1. The Labute approximate surface area is 95.4 Å². The van der Waals surface area contributed by atoms with E-state index < -0.39 is 0 Å². The average Bonchev–Trinajstić information content (AvgIpc) is 2.94. The van der Waals surface area contributed by atoms with Gasteiger partial charge in [0, 0.05) is 23.7 Å². The Balaban J connectivity index is 2.28. The van der Waals surface area contributed by atoms with Crippen LogP contribution in [-0.2, 0) is 6.54 Å². The van der Waals surface area contributed by atoms with Gasteiger partial charge >= 0.3 is 0 Å². The van der Waals surface area contributed by atoms with Crippen molar-refractivity contribution in [2.24, 2.45) is 5.73 Å². The molecule has 0 spiro atoms. The van der Waals surface area contributed by atoms with Gasteiger partial charge in [-0.2, -0.15) is 0 Å². The molecule has 2 aromatic heterocycles. The molecule has 86 valence electrons. The quantitative estimate of drug-likeness (QED) is 0.706. The molecule has 6 heteroatoms.